The molecule has 0 aliphatic heterocycles. The molecule has 1 aromatic heterocycles. The van der Waals surface area contributed by atoms with Gasteiger partial charge in [-0.3, -0.25) is 4.79 Å². The van der Waals surface area contributed by atoms with Gasteiger partial charge in [-0.15, -0.1) is 5.10 Å². The van der Waals surface area contributed by atoms with Crippen molar-refractivity contribution < 1.29 is 14.0 Å². The Kier molecular flexibility index (Phi) is 6.13. The molecular weight excluding hydrogens is 334 g/mol. The monoisotopic (exact) mass is 361 g/mol. The fraction of sp³-hybridized carbons (Fsp3) is 0.500. The summed E-state index contributed by atoms with van der Waals surface area (Å²) in [5.74, 6) is -0.348. The fourth-order valence-corrected chi connectivity index (χ4v) is 3.16. The molecule has 1 aromatic carbocycles. The molecule has 0 saturated heterocycles. The second-order valence-electron chi connectivity index (χ2n) is 7.78. The molecule has 2 rings (SSSR count). The van der Waals surface area contributed by atoms with Crippen LogP contribution in [0.15, 0.2) is 36.5 Å². The smallest absolute Gasteiger partial charge is 0.328 e. The van der Waals surface area contributed by atoms with Gasteiger partial charge in [0.05, 0.1) is 17.5 Å². The summed E-state index contributed by atoms with van der Waals surface area (Å²) in [6.07, 6.45) is 1.65. The van der Waals surface area contributed by atoms with Crippen LogP contribution in [0.3, 0.4) is 0 Å². The highest BCUT2D eigenvalue weighted by Gasteiger charge is 2.29. The molecule has 0 atom stereocenters. The Morgan fingerprint density at radius 3 is 2.48 bits per heavy atom. The van der Waals surface area contributed by atoms with E-state index in [1.807, 2.05) is 44.2 Å². The summed E-state index contributed by atoms with van der Waals surface area (Å²) in [4.78, 5) is 12.1. The van der Waals surface area contributed by atoms with Crippen LogP contribution in [0.4, 0.5) is 0 Å². The van der Waals surface area contributed by atoms with Gasteiger partial charge in [0.25, 0.3) is 0 Å². The largest absolute Gasteiger partial charge is 0.459 e. The normalized spacial score (nSPS) is 12.7. The molecule has 2 aromatic rings. The lowest BCUT2D eigenvalue weighted by Crippen LogP contribution is -2.31. The van der Waals surface area contributed by atoms with E-state index in [4.69, 9.17) is 9.16 Å². The molecule has 0 spiro atoms. The van der Waals surface area contributed by atoms with Gasteiger partial charge in [0.2, 0.25) is 0 Å². The van der Waals surface area contributed by atoms with Crippen LogP contribution in [0.5, 0.6) is 0 Å². The minimum Gasteiger partial charge on any atom is -0.459 e. The Bertz CT molecular complexity index is 693. The van der Waals surface area contributed by atoms with E-state index in [-0.39, 0.29) is 24.2 Å². The minimum atomic E-state index is -0.750. The maximum absolute atomic E-state index is 12.1. The molecule has 0 amide bonds. The SMILES string of the molecule is CC(C)(C)[SiH2]OC(C)(C)c1cnnn1CC(=O)OCc1ccccc1. The molecule has 0 N–H and O–H groups in total. The van der Waals surface area contributed by atoms with Crippen LogP contribution in [0.1, 0.15) is 45.9 Å². The lowest BCUT2D eigenvalue weighted by molar-refractivity contribution is -0.146. The van der Waals surface area contributed by atoms with E-state index < -0.39 is 15.4 Å². The molecule has 0 aliphatic rings. The van der Waals surface area contributed by atoms with E-state index in [2.05, 4.69) is 31.1 Å². The number of carbonyl (C=O) groups excluding carboxylic acids is 1. The van der Waals surface area contributed by atoms with E-state index >= 15 is 0 Å². The number of rotatable bonds is 7. The molecule has 0 fully saturated rings. The van der Waals surface area contributed by atoms with Crippen LogP contribution in [0, 0.1) is 0 Å². The number of nitrogens with zero attached hydrogens (tertiary/aromatic N) is 3. The first kappa shape index (κ1) is 19.3. The summed E-state index contributed by atoms with van der Waals surface area (Å²) in [5, 5.41) is 8.15. The van der Waals surface area contributed by atoms with Crippen molar-refractivity contribution in [2.24, 2.45) is 0 Å². The number of ether oxygens (including phenoxy) is 1. The first-order valence-electron chi connectivity index (χ1n) is 8.40. The first-order chi connectivity index (χ1) is 11.7. The number of aromatic nitrogens is 3. The molecule has 0 bridgehead atoms. The Morgan fingerprint density at radius 2 is 1.84 bits per heavy atom. The molecule has 0 radical (unpaired) electrons. The summed E-state index contributed by atoms with van der Waals surface area (Å²) in [6.45, 7) is 10.8. The summed E-state index contributed by atoms with van der Waals surface area (Å²) < 4.78 is 13.1. The van der Waals surface area contributed by atoms with Gasteiger partial charge in [0.1, 0.15) is 13.2 Å². The van der Waals surface area contributed by atoms with Crippen LogP contribution in [-0.4, -0.2) is 30.7 Å². The van der Waals surface area contributed by atoms with E-state index in [0.29, 0.717) is 0 Å². The molecule has 0 saturated carbocycles. The second-order valence-corrected chi connectivity index (χ2v) is 10.5. The van der Waals surface area contributed by atoms with Crippen molar-refractivity contribution in [2.75, 3.05) is 0 Å². The van der Waals surface area contributed by atoms with Gasteiger partial charge < -0.3 is 9.16 Å². The van der Waals surface area contributed by atoms with Gasteiger partial charge in [0.15, 0.2) is 9.76 Å². The average Bonchev–Trinajstić information content (AvgIpc) is 3.00. The van der Waals surface area contributed by atoms with Crippen molar-refractivity contribution in [3.05, 3.63) is 47.8 Å². The maximum atomic E-state index is 12.1. The molecule has 0 aliphatic carbocycles. The van der Waals surface area contributed by atoms with Gasteiger partial charge in [-0.25, -0.2) is 4.68 Å². The molecule has 1 heterocycles. The Hall–Kier alpha value is -1.99. The minimum absolute atomic E-state index is 0.0199. The molecule has 7 heteroatoms. The van der Waals surface area contributed by atoms with Crippen molar-refractivity contribution in [3.8, 4) is 0 Å². The van der Waals surface area contributed by atoms with Crippen molar-refractivity contribution >= 4 is 15.7 Å². The summed E-state index contributed by atoms with van der Waals surface area (Å²) >= 11 is 0. The summed E-state index contributed by atoms with van der Waals surface area (Å²) in [6, 6.07) is 9.59. The van der Waals surface area contributed by atoms with Crippen LogP contribution >= 0.6 is 0 Å². The molecule has 25 heavy (non-hydrogen) atoms. The maximum Gasteiger partial charge on any atom is 0.328 e. The van der Waals surface area contributed by atoms with Gasteiger partial charge in [-0.05, 0) is 24.4 Å². The van der Waals surface area contributed by atoms with Crippen molar-refractivity contribution in [1.82, 2.24) is 15.0 Å². The van der Waals surface area contributed by atoms with Crippen LogP contribution < -0.4 is 0 Å². The summed E-state index contributed by atoms with van der Waals surface area (Å²) in [5.41, 5.74) is 1.19. The number of hydrogen-bond acceptors (Lipinski definition) is 5. The van der Waals surface area contributed by atoms with E-state index in [0.717, 1.165) is 11.3 Å². The van der Waals surface area contributed by atoms with Crippen molar-refractivity contribution in [2.45, 2.75) is 58.4 Å². The molecule has 0 unspecified atom stereocenters. The van der Waals surface area contributed by atoms with Crippen LogP contribution in [0.25, 0.3) is 0 Å². The molecular formula is C18H27N3O3Si. The Balaban J connectivity index is 1.97. The van der Waals surface area contributed by atoms with Crippen molar-refractivity contribution in [1.29, 1.82) is 0 Å². The van der Waals surface area contributed by atoms with E-state index in [1.165, 1.54) is 0 Å². The van der Waals surface area contributed by atoms with Gasteiger partial charge >= 0.3 is 5.97 Å². The molecule has 136 valence electrons. The van der Waals surface area contributed by atoms with Gasteiger partial charge in [-0.2, -0.15) is 0 Å². The van der Waals surface area contributed by atoms with E-state index in [9.17, 15) is 4.79 Å². The third kappa shape index (κ3) is 6.10. The topological polar surface area (TPSA) is 66.2 Å². The first-order valence-corrected chi connectivity index (χ1v) is 9.68. The highest BCUT2D eigenvalue weighted by Crippen LogP contribution is 2.28. The predicted molar refractivity (Wildman–Crippen MR) is 98.6 cm³/mol. The third-order valence-corrected chi connectivity index (χ3v) is 5.35. The van der Waals surface area contributed by atoms with Crippen LogP contribution in [0.2, 0.25) is 5.04 Å². The van der Waals surface area contributed by atoms with Crippen molar-refractivity contribution in [3.63, 3.8) is 0 Å². The predicted octanol–water partition coefficient (Wildman–Crippen LogP) is 2.58. The lowest BCUT2D eigenvalue weighted by Gasteiger charge is -2.29. The van der Waals surface area contributed by atoms with Gasteiger partial charge in [0, 0.05) is 0 Å². The Labute approximate surface area is 151 Å². The third-order valence-electron chi connectivity index (χ3n) is 3.62. The quantitative estimate of drug-likeness (QED) is 0.560. The zero-order valence-corrected chi connectivity index (χ0v) is 17.1. The second kappa shape index (κ2) is 7.92. The zero-order valence-electron chi connectivity index (χ0n) is 15.7. The number of esters is 1. The van der Waals surface area contributed by atoms with Crippen LogP contribution in [-0.2, 0) is 32.7 Å². The lowest BCUT2D eigenvalue weighted by atomic mass is 10.1. The zero-order chi connectivity index (χ0) is 18.5. The summed E-state index contributed by atoms with van der Waals surface area (Å²) in [7, 11) is -0.750. The highest BCUT2D eigenvalue weighted by molar-refractivity contribution is 6.31. The fourth-order valence-electron chi connectivity index (χ4n) is 2.22. The number of hydrogen-bond donors (Lipinski definition) is 0. The number of carbonyl (C=O) groups is 1. The highest BCUT2D eigenvalue weighted by atomic mass is 28.2. The standard InChI is InChI=1S/C18H27N3O3Si/c1-17(2,3)25-24-18(4,5)15-11-19-20-21(15)12-16(22)23-13-14-9-7-6-8-10-14/h6-11H,12-13,25H2,1-5H3. The average molecular weight is 362 g/mol. The van der Waals surface area contributed by atoms with E-state index in [1.54, 1.807) is 10.9 Å². The Morgan fingerprint density at radius 1 is 1.16 bits per heavy atom. The van der Waals surface area contributed by atoms with Gasteiger partial charge in [-0.1, -0.05) is 56.3 Å². The number of benzene rings is 1. The molecule has 6 nitrogen and oxygen atoms in total.